The number of furan rings is 1. The third kappa shape index (κ3) is 4.10. The summed E-state index contributed by atoms with van der Waals surface area (Å²) in [4.78, 5) is 2.26. The van der Waals surface area contributed by atoms with Gasteiger partial charge in [0.15, 0.2) is 0 Å². The maximum absolute atomic E-state index is 6.07. The highest BCUT2D eigenvalue weighted by Gasteiger charge is 2.15. The Kier molecular flexibility index (Phi) is 5.45. The van der Waals surface area contributed by atoms with E-state index in [1.165, 1.54) is 11.1 Å². The minimum Gasteiger partial charge on any atom is -0.463 e. The van der Waals surface area contributed by atoms with E-state index in [9.17, 15) is 0 Å². The van der Waals surface area contributed by atoms with E-state index < -0.39 is 0 Å². The fourth-order valence-electron chi connectivity index (χ4n) is 2.41. The van der Waals surface area contributed by atoms with Gasteiger partial charge in [-0.1, -0.05) is 23.7 Å². The van der Waals surface area contributed by atoms with Gasteiger partial charge in [0.2, 0.25) is 0 Å². The second-order valence-electron chi connectivity index (χ2n) is 5.50. The number of hydrogen-bond donors (Lipinski definition) is 1. The quantitative estimate of drug-likeness (QED) is 0.869. The van der Waals surface area contributed by atoms with Crippen LogP contribution < -0.4 is 5.32 Å². The molecular weight excluding hydrogens is 284 g/mol. The van der Waals surface area contributed by atoms with Gasteiger partial charge in [0.05, 0.1) is 13.1 Å². The summed E-state index contributed by atoms with van der Waals surface area (Å²) in [5, 5.41) is 3.90. The summed E-state index contributed by atoms with van der Waals surface area (Å²) in [5.74, 6) is 2.01. The van der Waals surface area contributed by atoms with Crippen LogP contribution in [0.1, 0.15) is 35.6 Å². The molecular formula is C17H23ClN2O. The van der Waals surface area contributed by atoms with Gasteiger partial charge in [-0.15, -0.1) is 0 Å². The lowest BCUT2D eigenvalue weighted by Gasteiger charge is -2.24. The molecule has 1 unspecified atom stereocenters. The largest absolute Gasteiger partial charge is 0.463 e. The highest BCUT2D eigenvalue weighted by atomic mass is 35.5. The third-order valence-electron chi connectivity index (χ3n) is 3.81. The molecule has 21 heavy (non-hydrogen) atoms. The van der Waals surface area contributed by atoms with Crippen molar-refractivity contribution in [2.45, 2.75) is 33.0 Å². The van der Waals surface area contributed by atoms with Gasteiger partial charge in [-0.2, -0.15) is 0 Å². The summed E-state index contributed by atoms with van der Waals surface area (Å²) in [6.07, 6.45) is 0. The third-order valence-corrected chi connectivity index (χ3v) is 4.04. The van der Waals surface area contributed by atoms with Gasteiger partial charge in [-0.3, -0.25) is 4.90 Å². The molecule has 3 nitrogen and oxygen atoms in total. The highest BCUT2D eigenvalue weighted by Crippen LogP contribution is 2.24. The first kappa shape index (κ1) is 16.1. The molecule has 0 saturated carbocycles. The summed E-state index contributed by atoms with van der Waals surface area (Å²) in [6, 6.07) is 10.4. The van der Waals surface area contributed by atoms with E-state index in [2.05, 4.69) is 43.2 Å². The Bertz CT molecular complexity index is 594. The molecule has 0 spiro atoms. The zero-order valence-corrected chi connectivity index (χ0v) is 13.9. The van der Waals surface area contributed by atoms with E-state index in [1.54, 1.807) is 0 Å². The first-order valence-electron chi connectivity index (χ1n) is 7.19. The van der Waals surface area contributed by atoms with Crippen LogP contribution in [-0.4, -0.2) is 19.0 Å². The fraction of sp³-hybridized carbons (Fsp3) is 0.412. The first-order valence-corrected chi connectivity index (χ1v) is 7.57. The molecule has 0 saturated heterocycles. The minimum absolute atomic E-state index is 0.279. The van der Waals surface area contributed by atoms with Crippen molar-refractivity contribution in [3.05, 3.63) is 58.0 Å². The SMILES string of the molecule is CNCc1oc(CN(C)C(C)c2cccc(Cl)c2)cc1C. The van der Waals surface area contributed by atoms with E-state index in [4.69, 9.17) is 16.0 Å². The standard InChI is InChI=1S/C17H23ClN2O/c1-12-8-16(21-17(12)10-19-3)11-20(4)13(2)14-6-5-7-15(18)9-14/h5-9,13,19H,10-11H2,1-4H3. The molecule has 0 radical (unpaired) electrons. The van der Waals surface area contributed by atoms with Crippen molar-refractivity contribution in [3.8, 4) is 0 Å². The molecule has 0 bridgehead atoms. The van der Waals surface area contributed by atoms with Gasteiger partial charge in [-0.05, 0) is 57.3 Å². The lowest BCUT2D eigenvalue weighted by Crippen LogP contribution is -2.21. The molecule has 1 aromatic carbocycles. The van der Waals surface area contributed by atoms with Crippen LogP contribution in [-0.2, 0) is 13.1 Å². The molecule has 4 heteroatoms. The van der Waals surface area contributed by atoms with Crippen LogP contribution >= 0.6 is 11.6 Å². The zero-order chi connectivity index (χ0) is 15.4. The number of rotatable bonds is 6. The maximum atomic E-state index is 6.07. The van der Waals surface area contributed by atoms with Crippen LogP contribution in [0.4, 0.5) is 0 Å². The lowest BCUT2D eigenvalue weighted by atomic mass is 10.1. The summed E-state index contributed by atoms with van der Waals surface area (Å²) in [5.41, 5.74) is 2.41. The molecule has 0 amide bonds. The number of aryl methyl sites for hydroxylation is 1. The molecule has 0 aliphatic heterocycles. The number of halogens is 1. The second kappa shape index (κ2) is 7.12. The molecule has 1 aromatic heterocycles. The predicted molar refractivity (Wildman–Crippen MR) is 87.5 cm³/mol. The summed E-state index contributed by atoms with van der Waals surface area (Å²) < 4.78 is 5.91. The molecule has 1 heterocycles. The summed E-state index contributed by atoms with van der Waals surface area (Å²) in [7, 11) is 4.02. The van der Waals surface area contributed by atoms with E-state index >= 15 is 0 Å². The second-order valence-corrected chi connectivity index (χ2v) is 5.93. The summed E-state index contributed by atoms with van der Waals surface area (Å²) in [6.45, 7) is 5.80. The Morgan fingerprint density at radius 2 is 2.10 bits per heavy atom. The van der Waals surface area contributed by atoms with E-state index in [-0.39, 0.29) is 6.04 Å². The maximum Gasteiger partial charge on any atom is 0.120 e. The van der Waals surface area contributed by atoms with Crippen molar-refractivity contribution in [1.29, 1.82) is 0 Å². The smallest absolute Gasteiger partial charge is 0.120 e. The number of benzene rings is 1. The van der Waals surface area contributed by atoms with Crippen molar-refractivity contribution in [1.82, 2.24) is 10.2 Å². The van der Waals surface area contributed by atoms with Crippen LogP contribution in [0.5, 0.6) is 0 Å². The van der Waals surface area contributed by atoms with Crippen LogP contribution in [0.15, 0.2) is 34.7 Å². The van der Waals surface area contributed by atoms with Gasteiger partial charge in [-0.25, -0.2) is 0 Å². The molecule has 0 aliphatic carbocycles. The lowest BCUT2D eigenvalue weighted by molar-refractivity contribution is 0.230. The molecule has 0 aliphatic rings. The molecule has 2 rings (SSSR count). The highest BCUT2D eigenvalue weighted by molar-refractivity contribution is 6.30. The minimum atomic E-state index is 0.279. The van der Waals surface area contributed by atoms with Gasteiger partial charge in [0.25, 0.3) is 0 Å². The topological polar surface area (TPSA) is 28.4 Å². The van der Waals surface area contributed by atoms with Crippen molar-refractivity contribution in [3.63, 3.8) is 0 Å². The van der Waals surface area contributed by atoms with Gasteiger partial charge < -0.3 is 9.73 Å². The Morgan fingerprint density at radius 3 is 2.76 bits per heavy atom. The Balaban J connectivity index is 2.06. The molecule has 1 N–H and O–H groups in total. The molecule has 114 valence electrons. The van der Waals surface area contributed by atoms with Crippen molar-refractivity contribution in [2.75, 3.05) is 14.1 Å². The van der Waals surface area contributed by atoms with Crippen molar-refractivity contribution < 1.29 is 4.42 Å². The normalized spacial score (nSPS) is 12.9. The van der Waals surface area contributed by atoms with Crippen molar-refractivity contribution >= 4 is 11.6 Å². The Labute approximate surface area is 131 Å². The van der Waals surface area contributed by atoms with Gasteiger partial charge >= 0.3 is 0 Å². The Morgan fingerprint density at radius 1 is 1.33 bits per heavy atom. The van der Waals surface area contributed by atoms with Crippen LogP contribution in [0.3, 0.4) is 0 Å². The monoisotopic (exact) mass is 306 g/mol. The van der Waals surface area contributed by atoms with E-state index in [0.717, 1.165) is 29.6 Å². The molecule has 0 fully saturated rings. The first-order chi connectivity index (χ1) is 10.0. The molecule has 1 atom stereocenters. The van der Waals surface area contributed by atoms with Crippen LogP contribution in [0.25, 0.3) is 0 Å². The summed E-state index contributed by atoms with van der Waals surface area (Å²) >= 11 is 6.07. The van der Waals surface area contributed by atoms with E-state index in [0.29, 0.717) is 0 Å². The number of nitrogens with zero attached hydrogens (tertiary/aromatic N) is 1. The average Bonchev–Trinajstić information content (AvgIpc) is 2.78. The van der Waals surface area contributed by atoms with Crippen LogP contribution in [0, 0.1) is 6.92 Å². The van der Waals surface area contributed by atoms with Crippen LogP contribution in [0.2, 0.25) is 5.02 Å². The fourth-order valence-corrected chi connectivity index (χ4v) is 2.61. The molecule has 2 aromatic rings. The van der Waals surface area contributed by atoms with E-state index in [1.807, 2.05) is 25.2 Å². The van der Waals surface area contributed by atoms with Crippen molar-refractivity contribution in [2.24, 2.45) is 0 Å². The van der Waals surface area contributed by atoms with Gasteiger partial charge in [0, 0.05) is 11.1 Å². The zero-order valence-electron chi connectivity index (χ0n) is 13.1. The predicted octanol–water partition coefficient (Wildman–Crippen LogP) is 4.15. The number of nitrogens with one attached hydrogen (secondary N) is 1. The average molecular weight is 307 g/mol. The number of hydrogen-bond acceptors (Lipinski definition) is 3. The Hall–Kier alpha value is -1.29. The van der Waals surface area contributed by atoms with Gasteiger partial charge in [0.1, 0.15) is 11.5 Å².